The topological polar surface area (TPSA) is 46.0 Å². The molecule has 0 saturated carbocycles. The molecule has 0 spiro atoms. The van der Waals surface area contributed by atoms with Gasteiger partial charge in [-0.3, -0.25) is 0 Å². The second kappa shape index (κ2) is 5.38. The lowest BCUT2D eigenvalue weighted by Crippen LogP contribution is -2.06. The highest BCUT2D eigenvalue weighted by Crippen LogP contribution is 2.18. The number of aliphatic hydroxyl groups excluding tert-OH is 1. The first-order chi connectivity index (χ1) is 8.15. The molecule has 1 atom stereocenters. The molecule has 0 amide bonds. The number of aryl methyl sites for hydroxylation is 1. The number of hydrogen-bond donors (Lipinski definition) is 1. The fourth-order valence-corrected chi connectivity index (χ4v) is 2.00. The lowest BCUT2D eigenvalue weighted by molar-refractivity contribution is 0.168. The van der Waals surface area contributed by atoms with Crippen LogP contribution in [0.25, 0.3) is 0 Å². The van der Waals surface area contributed by atoms with E-state index in [1.165, 1.54) is 0 Å². The molecular weight excluding hydrogens is 280 g/mol. The molecule has 2 aromatic rings. The van der Waals surface area contributed by atoms with E-state index in [1.54, 1.807) is 12.4 Å². The van der Waals surface area contributed by atoms with Gasteiger partial charge in [0.15, 0.2) is 5.82 Å². The molecule has 2 rings (SSSR count). The summed E-state index contributed by atoms with van der Waals surface area (Å²) in [5.41, 5.74) is 2.04. The van der Waals surface area contributed by atoms with Crippen LogP contribution in [0.3, 0.4) is 0 Å². The van der Waals surface area contributed by atoms with Gasteiger partial charge in [-0.1, -0.05) is 28.1 Å². The summed E-state index contributed by atoms with van der Waals surface area (Å²) in [5.74, 6) is 0.468. The summed E-state index contributed by atoms with van der Waals surface area (Å²) in [6, 6.07) is 7.86. The molecule has 0 bridgehead atoms. The number of rotatable bonds is 3. The Kier molecular flexibility index (Phi) is 3.86. The number of benzene rings is 1. The third-order valence-corrected chi connectivity index (χ3v) is 2.91. The zero-order valence-corrected chi connectivity index (χ0v) is 11.1. The van der Waals surface area contributed by atoms with Crippen molar-refractivity contribution in [2.24, 2.45) is 0 Å². The average Bonchev–Trinajstić information content (AvgIpc) is 2.29. The summed E-state index contributed by atoms with van der Waals surface area (Å²) in [4.78, 5) is 8.25. The van der Waals surface area contributed by atoms with Crippen LogP contribution in [0.4, 0.5) is 0 Å². The van der Waals surface area contributed by atoms with Crippen LogP contribution < -0.4 is 0 Å². The van der Waals surface area contributed by atoms with E-state index in [2.05, 4.69) is 25.9 Å². The molecule has 0 fully saturated rings. The Hall–Kier alpha value is -1.26. The standard InChI is InChI=1S/C13H13BrN2O/c1-9-7-15-13(16-8-9)12(17)6-10-3-2-4-11(14)5-10/h2-5,7-8,12,17H,6H2,1H3. The van der Waals surface area contributed by atoms with Crippen molar-refractivity contribution in [3.63, 3.8) is 0 Å². The van der Waals surface area contributed by atoms with Gasteiger partial charge in [-0.05, 0) is 30.2 Å². The van der Waals surface area contributed by atoms with Gasteiger partial charge in [0.25, 0.3) is 0 Å². The summed E-state index contributed by atoms with van der Waals surface area (Å²) in [6.45, 7) is 1.92. The van der Waals surface area contributed by atoms with Crippen LogP contribution in [0.15, 0.2) is 41.1 Å². The lowest BCUT2D eigenvalue weighted by Gasteiger charge is -2.09. The molecule has 0 aliphatic carbocycles. The highest BCUT2D eigenvalue weighted by molar-refractivity contribution is 9.10. The number of nitrogens with zero attached hydrogens (tertiary/aromatic N) is 2. The third kappa shape index (κ3) is 3.35. The van der Waals surface area contributed by atoms with Crippen molar-refractivity contribution in [1.82, 2.24) is 9.97 Å². The number of halogens is 1. The number of hydrogen-bond acceptors (Lipinski definition) is 3. The Morgan fingerprint density at radius 1 is 1.29 bits per heavy atom. The number of aliphatic hydroxyl groups is 1. The van der Waals surface area contributed by atoms with Crippen molar-refractivity contribution in [2.75, 3.05) is 0 Å². The van der Waals surface area contributed by atoms with Crippen LogP contribution in [-0.4, -0.2) is 15.1 Å². The van der Waals surface area contributed by atoms with Crippen LogP contribution in [0.5, 0.6) is 0 Å². The highest BCUT2D eigenvalue weighted by atomic mass is 79.9. The van der Waals surface area contributed by atoms with Crippen LogP contribution in [0, 0.1) is 6.92 Å². The molecule has 0 aliphatic heterocycles. The molecule has 0 aliphatic rings. The summed E-state index contributed by atoms with van der Waals surface area (Å²) in [6.07, 6.45) is 3.28. The molecule has 0 saturated heterocycles. The van der Waals surface area contributed by atoms with Gasteiger partial charge in [-0.15, -0.1) is 0 Å². The van der Waals surface area contributed by atoms with Crippen molar-refractivity contribution in [3.05, 3.63) is 58.1 Å². The fourth-order valence-electron chi connectivity index (χ4n) is 1.55. The van der Waals surface area contributed by atoms with Gasteiger partial charge in [-0.2, -0.15) is 0 Å². The minimum atomic E-state index is -0.662. The summed E-state index contributed by atoms with van der Waals surface area (Å²) < 4.78 is 1.01. The minimum Gasteiger partial charge on any atom is -0.385 e. The van der Waals surface area contributed by atoms with E-state index in [9.17, 15) is 5.11 Å². The van der Waals surface area contributed by atoms with E-state index in [0.717, 1.165) is 15.6 Å². The molecule has 1 aromatic heterocycles. The van der Waals surface area contributed by atoms with Crippen molar-refractivity contribution in [2.45, 2.75) is 19.4 Å². The zero-order chi connectivity index (χ0) is 12.3. The van der Waals surface area contributed by atoms with E-state index in [-0.39, 0.29) is 0 Å². The fraction of sp³-hybridized carbons (Fsp3) is 0.231. The van der Waals surface area contributed by atoms with Gasteiger partial charge in [0.1, 0.15) is 6.10 Å². The molecule has 4 heteroatoms. The molecule has 3 nitrogen and oxygen atoms in total. The molecule has 1 unspecified atom stereocenters. The van der Waals surface area contributed by atoms with Gasteiger partial charge in [-0.25, -0.2) is 9.97 Å². The Labute approximate surface area is 109 Å². The van der Waals surface area contributed by atoms with Crippen molar-refractivity contribution in [1.29, 1.82) is 0 Å². The van der Waals surface area contributed by atoms with Gasteiger partial charge in [0, 0.05) is 23.3 Å². The monoisotopic (exact) mass is 292 g/mol. The first kappa shape index (κ1) is 12.2. The maximum Gasteiger partial charge on any atom is 0.157 e. The van der Waals surface area contributed by atoms with Crippen LogP contribution in [-0.2, 0) is 6.42 Å². The largest absolute Gasteiger partial charge is 0.385 e. The molecule has 88 valence electrons. The van der Waals surface area contributed by atoms with Gasteiger partial charge < -0.3 is 5.11 Å². The van der Waals surface area contributed by atoms with Gasteiger partial charge in [0.2, 0.25) is 0 Å². The van der Waals surface area contributed by atoms with Crippen molar-refractivity contribution in [3.8, 4) is 0 Å². The minimum absolute atomic E-state index is 0.468. The quantitative estimate of drug-likeness (QED) is 0.946. The van der Waals surface area contributed by atoms with Gasteiger partial charge in [0.05, 0.1) is 0 Å². The van der Waals surface area contributed by atoms with Crippen molar-refractivity contribution >= 4 is 15.9 Å². The Morgan fingerprint density at radius 2 is 2.00 bits per heavy atom. The lowest BCUT2D eigenvalue weighted by atomic mass is 10.1. The van der Waals surface area contributed by atoms with Crippen molar-refractivity contribution < 1.29 is 5.11 Å². The highest BCUT2D eigenvalue weighted by Gasteiger charge is 2.11. The molecule has 0 radical (unpaired) electrons. The summed E-state index contributed by atoms with van der Waals surface area (Å²) in [7, 11) is 0. The van der Waals surface area contributed by atoms with E-state index in [4.69, 9.17) is 0 Å². The molecule has 1 N–H and O–H groups in total. The van der Waals surface area contributed by atoms with Crippen LogP contribution in [0.1, 0.15) is 23.1 Å². The number of aromatic nitrogens is 2. The van der Waals surface area contributed by atoms with E-state index < -0.39 is 6.10 Å². The van der Waals surface area contributed by atoms with E-state index in [0.29, 0.717) is 12.2 Å². The maximum absolute atomic E-state index is 10.0. The molecule has 17 heavy (non-hydrogen) atoms. The van der Waals surface area contributed by atoms with Gasteiger partial charge >= 0.3 is 0 Å². The molecular formula is C13H13BrN2O. The average molecular weight is 293 g/mol. The zero-order valence-electron chi connectivity index (χ0n) is 9.47. The van der Waals surface area contributed by atoms with E-state index >= 15 is 0 Å². The third-order valence-electron chi connectivity index (χ3n) is 2.42. The summed E-state index contributed by atoms with van der Waals surface area (Å²) >= 11 is 3.40. The maximum atomic E-state index is 10.0. The Balaban J connectivity index is 2.11. The Morgan fingerprint density at radius 3 is 2.65 bits per heavy atom. The second-order valence-electron chi connectivity index (χ2n) is 3.97. The SMILES string of the molecule is Cc1cnc(C(O)Cc2cccc(Br)c2)nc1. The normalized spacial score (nSPS) is 12.4. The van der Waals surface area contributed by atoms with Crippen LogP contribution in [0.2, 0.25) is 0 Å². The molecule has 1 heterocycles. The van der Waals surface area contributed by atoms with E-state index in [1.807, 2.05) is 31.2 Å². The summed E-state index contributed by atoms with van der Waals surface area (Å²) in [5, 5.41) is 10.0. The first-order valence-electron chi connectivity index (χ1n) is 5.36. The predicted octanol–water partition coefficient (Wildman–Crippen LogP) is 2.82. The second-order valence-corrected chi connectivity index (χ2v) is 4.88. The first-order valence-corrected chi connectivity index (χ1v) is 6.15. The predicted molar refractivity (Wildman–Crippen MR) is 69.6 cm³/mol. The van der Waals surface area contributed by atoms with Crippen LogP contribution >= 0.6 is 15.9 Å². The Bertz CT molecular complexity index is 499. The molecule has 1 aromatic carbocycles. The smallest absolute Gasteiger partial charge is 0.157 e.